The third kappa shape index (κ3) is 6.39. The number of halogens is 1. The molecule has 172 valence electrons. The van der Waals surface area contributed by atoms with Gasteiger partial charge in [0, 0.05) is 11.3 Å². The van der Waals surface area contributed by atoms with Crippen LogP contribution in [0.2, 0.25) is 5.02 Å². The van der Waals surface area contributed by atoms with Gasteiger partial charge in [-0.25, -0.2) is 4.79 Å². The van der Waals surface area contributed by atoms with Crippen molar-refractivity contribution >= 4 is 29.2 Å². The zero-order valence-electron chi connectivity index (χ0n) is 18.6. The standard InChI is InChI=1S/C25H30ClNO5/c1-3-4-14-31-23-21(26)15-18(16-22(23)32-20-8-6-5-7-9-20)24(28)27-19-12-10-17(11-13-19)25(29)30-2/h10-13,15-16,20H,3-9,14H2,1-2H3,(H,27,28). The van der Waals surface area contributed by atoms with Crippen molar-refractivity contribution in [3.63, 3.8) is 0 Å². The molecule has 7 heteroatoms. The van der Waals surface area contributed by atoms with E-state index in [4.69, 9.17) is 25.8 Å². The lowest BCUT2D eigenvalue weighted by atomic mass is 9.98. The molecule has 6 nitrogen and oxygen atoms in total. The number of hydrogen-bond acceptors (Lipinski definition) is 5. The maximum atomic E-state index is 12.9. The number of nitrogens with one attached hydrogen (secondary N) is 1. The quantitative estimate of drug-likeness (QED) is 0.353. The Kier molecular flexibility index (Phi) is 8.80. The Bertz CT molecular complexity index is 923. The summed E-state index contributed by atoms with van der Waals surface area (Å²) in [7, 11) is 1.32. The predicted molar refractivity (Wildman–Crippen MR) is 125 cm³/mol. The largest absolute Gasteiger partial charge is 0.488 e. The third-order valence-corrected chi connectivity index (χ3v) is 5.71. The molecule has 0 aliphatic heterocycles. The molecule has 0 bridgehead atoms. The molecule has 2 aromatic carbocycles. The van der Waals surface area contributed by atoms with Crippen molar-refractivity contribution in [1.29, 1.82) is 0 Å². The molecule has 0 atom stereocenters. The number of hydrogen-bond donors (Lipinski definition) is 1. The van der Waals surface area contributed by atoms with Crippen molar-refractivity contribution in [2.24, 2.45) is 0 Å². The molecule has 3 rings (SSSR count). The van der Waals surface area contributed by atoms with E-state index in [0.29, 0.717) is 39.9 Å². The number of carbonyl (C=O) groups is 2. The average molecular weight is 460 g/mol. The van der Waals surface area contributed by atoms with Gasteiger partial charge in [0.05, 0.1) is 30.4 Å². The number of anilines is 1. The zero-order chi connectivity index (χ0) is 22.9. The van der Waals surface area contributed by atoms with E-state index < -0.39 is 5.97 Å². The Balaban J connectivity index is 1.79. The van der Waals surface area contributed by atoms with E-state index in [1.54, 1.807) is 36.4 Å². The summed E-state index contributed by atoms with van der Waals surface area (Å²) in [5, 5.41) is 3.17. The molecular formula is C25H30ClNO5. The summed E-state index contributed by atoms with van der Waals surface area (Å²) >= 11 is 6.51. The van der Waals surface area contributed by atoms with Gasteiger partial charge < -0.3 is 19.5 Å². The molecule has 0 unspecified atom stereocenters. The lowest BCUT2D eigenvalue weighted by molar-refractivity contribution is 0.0600. The van der Waals surface area contributed by atoms with Gasteiger partial charge in [-0.05, 0) is 68.5 Å². The molecule has 32 heavy (non-hydrogen) atoms. The summed E-state index contributed by atoms with van der Waals surface area (Å²) in [5.74, 6) is 0.237. The molecular weight excluding hydrogens is 430 g/mol. The number of esters is 1. The Labute approximate surface area is 194 Å². The van der Waals surface area contributed by atoms with E-state index in [1.807, 2.05) is 0 Å². The smallest absolute Gasteiger partial charge is 0.337 e. The van der Waals surface area contributed by atoms with Gasteiger partial charge in [-0.15, -0.1) is 0 Å². The minimum Gasteiger partial charge on any atom is -0.488 e. The molecule has 1 amide bonds. The molecule has 0 heterocycles. The van der Waals surface area contributed by atoms with E-state index >= 15 is 0 Å². The van der Waals surface area contributed by atoms with Crippen molar-refractivity contribution in [2.75, 3.05) is 19.0 Å². The first kappa shape index (κ1) is 23.9. The highest BCUT2D eigenvalue weighted by molar-refractivity contribution is 6.32. The molecule has 1 aliphatic carbocycles. The normalized spacial score (nSPS) is 14.0. The van der Waals surface area contributed by atoms with Gasteiger partial charge in [0.2, 0.25) is 0 Å². The fraction of sp³-hybridized carbons (Fsp3) is 0.440. The van der Waals surface area contributed by atoms with E-state index in [-0.39, 0.29) is 12.0 Å². The number of unbranched alkanes of at least 4 members (excludes halogenated alkanes) is 1. The van der Waals surface area contributed by atoms with Crippen LogP contribution in [0.25, 0.3) is 0 Å². The van der Waals surface area contributed by atoms with Crippen LogP contribution in [0, 0.1) is 0 Å². The van der Waals surface area contributed by atoms with Crippen LogP contribution < -0.4 is 14.8 Å². The van der Waals surface area contributed by atoms with Gasteiger partial charge in [-0.3, -0.25) is 4.79 Å². The van der Waals surface area contributed by atoms with Crippen LogP contribution in [0.4, 0.5) is 5.69 Å². The first-order chi connectivity index (χ1) is 15.5. The summed E-state index contributed by atoms with van der Waals surface area (Å²) in [4.78, 5) is 24.5. The molecule has 0 saturated heterocycles. The third-order valence-electron chi connectivity index (χ3n) is 5.43. The van der Waals surface area contributed by atoms with Crippen LogP contribution in [0.15, 0.2) is 36.4 Å². The maximum Gasteiger partial charge on any atom is 0.337 e. The first-order valence-corrected chi connectivity index (χ1v) is 11.5. The second-order valence-corrected chi connectivity index (χ2v) is 8.30. The number of carbonyl (C=O) groups excluding carboxylic acids is 2. The number of ether oxygens (including phenoxy) is 3. The van der Waals surface area contributed by atoms with Crippen LogP contribution in [0.5, 0.6) is 11.5 Å². The van der Waals surface area contributed by atoms with Gasteiger partial charge >= 0.3 is 5.97 Å². The van der Waals surface area contributed by atoms with Crippen molar-refractivity contribution < 1.29 is 23.8 Å². The topological polar surface area (TPSA) is 73.9 Å². The Morgan fingerprint density at radius 3 is 2.44 bits per heavy atom. The fourth-order valence-corrected chi connectivity index (χ4v) is 3.88. The van der Waals surface area contributed by atoms with E-state index in [0.717, 1.165) is 38.5 Å². The second-order valence-electron chi connectivity index (χ2n) is 7.89. The van der Waals surface area contributed by atoms with Gasteiger partial charge in [0.25, 0.3) is 5.91 Å². The Morgan fingerprint density at radius 1 is 1.06 bits per heavy atom. The highest BCUT2D eigenvalue weighted by atomic mass is 35.5. The monoisotopic (exact) mass is 459 g/mol. The summed E-state index contributed by atoms with van der Waals surface area (Å²) in [6, 6.07) is 9.77. The molecule has 1 fully saturated rings. The average Bonchev–Trinajstić information content (AvgIpc) is 2.81. The van der Waals surface area contributed by atoms with Gasteiger partial charge in [-0.2, -0.15) is 0 Å². The van der Waals surface area contributed by atoms with Crippen molar-refractivity contribution in [3.05, 3.63) is 52.5 Å². The number of rotatable bonds is 9. The second kappa shape index (κ2) is 11.8. The first-order valence-electron chi connectivity index (χ1n) is 11.1. The molecule has 0 aromatic heterocycles. The Morgan fingerprint density at radius 2 is 1.78 bits per heavy atom. The molecule has 0 radical (unpaired) electrons. The SMILES string of the molecule is CCCCOc1c(Cl)cc(C(=O)Nc2ccc(C(=O)OC)cc2)cc1OC1CCCCC1. The van der Waals surface area contributed by atoms with E-state index in [2.05, 4.69) is 12.2 Å². The van der Waals surface area contributed by atoms with E-state index in [1.165, 1.54) is 13.5 Å². The van der Waals surface area contributed by atoms with Crippen LogP contribution in [-0.2, 0) is 4.74 Å². The van der Waals surface area contributed by atoms with Gasteiger partial charge in [0.1, 0.15) is 0 Å². The van der Waals surface area contributed by atoms with Crippen LogP contribution in [0.1, 0.15) is 72.6 Å². The highest BCUT2D eigenvalue weighted by Gasteiger charge is 2.21. The number of benzene rings is 2. The summed E-state index contributed by atoms with van der Waals surface area (Å²) in [6.45, 7) is 2.63. The minimum absolute atomic E-state index is 0.0949. The van der Waals surface area contributed by atoms with Crippen molar-refractivity contribution in [2.45, 2.75) is 58.0 Å². The van der Waals surface area contributed by atoms with Crippen LogP contribution in [0.3, 0.4) is 0 Å². The summed E-state index contributed by atoms with van der Waals surface area (Å²) in [5.41, 5.74) is 1.34. The minimum atomic E-state index is -0.433. The van der Waals surface area contributed by atoms with Crippen molar-refractivity contribution in [1.82, 2.24) is 0 Å². The lowest BCUT2D eigenvalue weighted by Gasteiger charge is -2.25. The van der Waals surface area contributed by atoms with E-state index in [9.17, 15) is 9.59 Å². The summed E-state index contributed by atoms with van der Waals surface area (Å²) in [6.07, 6.45) is 7.45. The number of methoxy groups -OCH3 is 1. The molecule has 2 aromatic rings. The van der Waals surface area contributed by atoms with Gasteiger partial charge in [0.15, 0.2) is 11.5 Å². The predicted octanol–water partition coefficient (Wildman–Crippen LogP) is 6.27. The molecule has 0 spiro atoms. The van der Waals surface area contributed by atoms with Crippen LogP contribution in [-0.4, -0.2) is 31.7 Å². The van der Waals surface area contributed by atoms with Crippen LogP contribution >= 0.6 is 11.6 Å². The maximum absolute atomic E-state index is 12.9. The number of amides is 1. The zero-order valence-corrected chi connectivity index (χ0v) is 19.4. The molecule has 1 N–H and O–H groups in total. The fourth-order valence-electron chi connectivity index (χ4n) is 3.62. The lowest BCUT2D eigenvalue weighted by Crippen LogP contribution is -2.20. The Hall–Kier alpha value is -2.73. The highest BCUT2D eigenvalue weighted by Crippen LogP contribution is 2.39. The summed E-state index contributed by atoms with van der Waals surface area (Å²) < 4.78 is 16.9. The molecule has 1 aliphatic rings. The molecule has 1 saturated carbocycles. The van der Waals surface area contributed by atoms with Crippen molar-refractivity contribution in [3.8, 4) is 11.5 Å². The van der Waals surface area contributed by atoms with Gasteiger partial charge in [-0.1, -0.05) is 31.4 Å².